The van der Waals surface area contributed by atoms with Crippen LogP contribution in [0.4, 0.5) is 5.82 Å². The molecule has 0 unspecified atom stereocenters. The number of hydrogen-bond acceptors (Lipinski definition) is 6. The molecule has 7 nitrogen and oxygen atoms in total. The number of pyridine rings is 1. The molecule has 3 heterocycles. The molecule has 3 rings (SSSR count). The van der Waals surface area contributed by atoms with E-state index in [4.69, 9.17) is 15.0 Å². The zero-order valence-electron chi connectivity index (χ0n) is 14.6. The van der Waals surface area contributed by atoms with E-state index in [2.05, 4.69) is 10.1 Å². The molecule has 7 heteroatoms. The van der Waals surface area contributed by atoms with Crippen molar-refractivity contribution >= 4 is 11.7 Å². The Labute approximate surface area is 147 Å². The van der Waals surface area contributed by atoms with E-state index in [0.29, 0.717) is 31.3 Å². The maximum atomic E-state index is 12.6. The topological polar surface area (TPSA) is 94.5 Å². The summed E-state index contributed by atoms with van der Waals surface area (Å²) in [5.74, 6) is 0.924. The minimum Gasteiger partial charge on any atom is -0.384 e. The second kappa shape index (κ2) is 7.65. The molecular weight excluding hydrogens is 320 g/mol. The number of anilines is 1. The quantitative estimate of drug-likeness (QED) is 0.894. The summed E-state index contributed by atoms with van der Waals surface area (Å²) >= 11 is 0. The molecule has 0 bridgehead atoms. The molecule has 0 saturated carbocycles. The van der Waals surface area contributed by atoms with Crippen molar-refractivity contribution in [2.24, 2.45) is 0 Å². The van der Waals surface area contributed by atoms with Crippen molar-refractivity contribution in [3.05, 3.63) is 41.4 Å². The van der Waals surface area contributed by atoms with E-state index in [1.165, 1.54) is 0 Å². The fourth-order valence-corrected chi connectivity index (χ4v) is 2.87. The zero-order valence-corrected chi connectivity index (χ0v) is 14.6. The van der Waals surface area contributed by atoms with Gasteiger partial charge in [-0.3, -0.25) is 4.79 Å². The molecule has 1 amide bonds. The third-order valence-electron chi connectivity index (χ3n) is 4.36. The van der Waals surface area contributed by atoms with E-state index >= 15 is 0 Å². The molecule has 134 valence electrons. The molecule has 2 aromatic heterocycles. The number of nitrogens with two attached hydrogens (primary N) is 1. The molecule has 0 aliphatic carbocycles. The smallest absolute Gasteiger partial charge is 0.292 e. The van der Waals surface area contributed by atoms with Gasteiger partial charge in [-0.2, -0.15) is 0 Å². The summed E-state index contributed by atoms with van der Waals surface area (Å²) in [7, 11) is 0. The number of amides is 1. The van der Waals surface area contributed by atoms with Gasteiger partial charge < -0.3 is 19.9 Å². The van der Waals surface area contributed by atoms with Crippen molar-refractivity contribution in [1.29, 1.82) is 0 Å². The monoisotopic (exact) mass is 344 g/mol. The van der Waals surface area contributed by atoms with Crippen LogP contribution in [0, 0.1) is 0 Å². The summed E-state index contributed by atoms with van der Waals surface area (Å²) in [4.78, 5) is 18.4. The Kier molecular flexibility index (Phi) is 5.33. The molecular formula is C18H24N4O3. The van der Waals surface area contributed by atoms with Gasteiger partial charge in [-0.25, -0.2) is 4.98 Å². The lowest BCUT2D eigenvalue weighted by molar-refractivity contribution is -0.0257. The minimum atomic E-state index is -0.124. The number of ether oxygens (including phenoxy) is 1. The van der Waals surface area contributed by atoms with Crippen LogP contribution in [0.15, 0.2) is 28.9 Å². The Balaban J connectivity index is 1.57. The Morgan fingerprint density at radius 3 is 3.00 bits per heavy atom. The first-order valence-corrected chi connectivity index (χ1v) is 8.61. The van der Waals surface area contributed by atoms with Crippen molar-refractivity contribution < 1.29 is 14.1 Å². The van der Waals surface area contributed by atoms with Crippen LogP contribution < -0.4 is 5.73 Å². The molecule has 2 aromatic rings. The number of nitrogen functional groups attached to an aromatic ring is 1. The maximum Gasteiger partial charge on any atom is 0.292 e. The number of nitrogens with zero attached hydrogens (tertiary/aromatic N) is 3. The van der Waals surface area contributed by atoms with Gasteiger partial charge in [0.25, 0.3) is 5.91 Å². The lowest BCUT2D eigenvalue weighted by Gasteiger charge is -2.32. The first-order chi connectivity index (χ1) is 12.0. The molecule has 0 aromatic carbocycles. The van der Waals surface area contributed by atoms with Crippen molar-refractivity contribution in [3.63, 3.8) is 0 Å². The number of hydrogen-bond donors (Lipinski definition) is 1. The first kappa shape index (κ1) is 17.4. The largest absolute Gasteiger partial charge is 0.384 e. The van der Waals surface area contributed by atoms with Crippen LogP contribution in [0.25, 0.3) is 0 Å². The standard InChI is InChI=1S/C18H24N4O3/c1-12(2)15-10-16(25-21-15)18(23)22-7-8-24-14(11-22)4-3-13-5-6-20-17(19)9-13/h5-6,9-10,12,14H,3-4,7-8,11H2,1-2H3,(H2,19,20)/t14-/m1/s1. The second-order valence-electron chi connectivity index (χ2n) is 6.64. The lowest BCUT2D eigenvalue weighted by Crippen LogP contribution is -2.45. The molecule has 1 atom stereocenters. The Hall–Kier alpha value is -2.41. The highest BCUT2D eigenvalue weighted by Crippen LogP contribution is 2.18. The summed E-state index contributed by atoms with van der Waals surface area (Å²) in [5.41, 5.74) is 7.62. The number of morpholine rings is 1. The second-order valence-corrected chi connectivity index (χ2v) is 6.64. The summed E-state index contributed by atoms with van der Waals surface area (Å²) in [5, 5.41) is 3.96. The predicted molar refractivity (Wildman–Crippen MR) is 93.2 cm³/mol. The molecule has 25 heavy (non-hydrogen) atoms. The average Bonchev–Trinajstić information content (AvgIpc) is 3.10. The van der Waals surface area contributed by atoms with Crippen LogP contribution in [0.1, 0.15) is 48.0 Å². The third kappa shape index (κ3) is 4.36. The Morgan fingerprint density at radius 2 is 2.28 bits per heavy atom. The summed E-state index contributed by atoms with van der Waals surface area (Å²) in [6.07, 6.45) is 3.36. The molecule has 2 N–H and O–H groups in total. The predicted octanol–water partition coefficient (Wildman–Crippen LogP) is 2.25. The average molecular weight is 344 g/mol. The van der Waals surface area contributed by atoms with Crippen LogP contribution >= 0.6 is 0 Å². The summed E-state index contributed by atoms with van der Waals surface area (Å²) < 4.78 is 11.0. The number of carbonyl (C=O) groups is 1. The van der Waals surface area contributed by atoms with Gasteiger partial charge in [-0.1, -0.05) is 19.0 Å². The van der Waals surface area contributed by atoms with Crippen LogP contribution in [0.3, 0.4) is 0 Å². The van der Waals surface area contributed by atoms with Gasteiger partial charge in [0.2, 0.25) is 5.76 Å². The molecule has 1 fully saturated rings. The van der Waals surface area contributed by atoms with Gasteiger partial charge in [0.05, 0.1) is 18.4 Å². The molecule has 0 spiro atoms. The highest BCUT2D eigenvalue weighted by atomic mass is 16.5. The van der Waals surface area contributed by atoms with Crippen molar-refractivity contribution in [3.8, 4) is 0 Å². The van der Waals surface area contributed by atoms with Crippen LogP contribution in [-0.2, 0) is 11.2 Å². The van der Waals surface area contributed by atoms with Gasteiger partial charge in [-0.15, -0.1) is 0 Å². The molecule has 1 aliphatic rings. The van der Waals surface area contributed by atoms with Crippen LogP contribution in [0.2, 0.25) is 0 Å². The highest BCUT2D eigenvalue weighted by molar-refractivity contribution is 5.91. The number of carbonyl (C=O) groups excluding carboxylic acids is 1. The fraction of sp³-hybridized carbons (Fsp3) is 0.500. The molecule has 1 aliphatic heterocycles. The normalized spacial score (nSPS) is 17.9. The van der Waals surface area contributed by atoms with Gasteiger partial charge in [0, 0.05) is 25.4 Å². The maximum absolute atomic E-state index is 12.6. The van der Waals surface area contributed by atoms with Gasteiger partial charge in [0.1, 0.15) is 5.82 Å². The number of rotatable bonds is 5. The number of aromatic nitrogens is 2. The highest BCUT2D eigenvalue weighted by Gasteiger charge is 2.27. The van der Waals surface area contributed by atoms with Gasteiger partial charge in [0.15, 0.2) is 0 Å². The van der Waals surface area contributed by atoms with E-state index < -0.39 is 0 Å². The van der Waals surface area contributed by atoms with Gasteiger partial charge >= 0.3 is 0 Å². The summed E-state index contributed by atoms with van der Waals surface area (Å²) in [6.45, 7) is 5.68. The molecule has 1 saturated heterocycles. The van der Waals surface area contributed by atoms with Crippen molar-refractivity contribution in [2.75, 3.05) is 25.4 Å². The third-order valence-corrected chi connectivity index (χ3v) is 4.36. The van der Waals surface area contributed by atoms with Crippen LogP contribution in [0.5, 0.6) is 0 Å². The first-order valence-electron chi connectivity index (χ1n) is 8.61. The Bertz CT molecular complexity index is 729. The van der Waals surface area contributed by atoms with E-state index in [0.717, 1.165) is 24.1 Å². The fourth-order valence-electron chi connectivity index (χ4n) is 2.87. The van der Waals surface area contributed by atoms with Crippen LogP contribution in [-0.4, -0.2) is 46.7 Å². The van der Waals surface area contributed by atoms with Crippen molar-refractivity contribution in [2.45, 2.75) is 38.7 Å². The van der Waals surface area contributed by atoms with E-state index in [-0.39, 0.29) is 17.9 Å². The van der Waals surface area contributed by atoms with E-state index in [1.54, 1.807) is 17.2 Å². The minimum absolute atomic E-state index is 0.000389. The number of aryl methyl sites for hydroxylation is 1. The Morgan fingerprint density at radius 1 is 1.44 bits per heavy atom. The van der Waals surface area contributed by atoms with E-state index in [9.17, 15) is 4.79 Å². The summed E-state index contributed by atoms with van der Waals surface area (Å²) in [6, 6.07) is 5.55. The van der Waals surface area contributed by atoms with Crippen molar-refractivity contribution in [1.82, 2.24) is 15.0 Å². The molecule has 0 radical (unpaired) electrons. The van der Waals surface area contributed by atoms with E-state index in [1.807, 2.05) is 26.0 Å². The SMILES string of the molecule is CC(C)c1cc(C(=O)N2CCO[C@H](CCc3ccnc(N)c3)C2)on1. The lowest BCUT2D eigenvalue weighted by atomic mass is 10.1. The zero-order chi connectivity index (χ0) is 17.8. The van der Waals surface area contributed by atoms with Gasteiger partial charge in [-0.05, 0) is 36.5 Å².